The van der Waals surface area contributed by atoms with Gasteiger partial charge in [-0.05, 0) is 55.8 Å². The Labute approximate surface area is 185 Å². The van der Waals surface area contributed by atoms with Crippen LogP contribution < -0.4 is 14.8 Å². The summed E-state index contributed by atoms with van der Waals surface area (Å²) in [6, 6.07) is 11.2. The molecule has 0 bridgehead atoms. The molecule has 2 aromatic carbocycles. The van der Waals surface area contributed by atoms with Crippen molar-refractivity contribution in [3.05, 3.63) is 54.2 Å². The van der Waals surface area contributed by atoms with Gasteiger partial charge in [0.2, 0.25) is 17.6 Å². The van der Waals surface area contributed by atoms with E-state index in [0.717, 1.165) is 19.4 Å². The van der Waals surface area contributed by atoms with Gasteiger partial charge in [-0.3, -0.25) is 9.69 Å². The van der Waals surface area contributed by atoms with E-state index in [1.807, 2.05) is 0 Å². The van der Waals surface area contributed by atoms with E-state index in [0.29, 0.717) is 47.6 Å². The average molecular weight is 440 g/mol. The molecule has 0 saturated carbocycles. The van der Waals surface area contributed by atoms with Crippen LogP contribution in [0.25, 0.3) is 11.4 Å². The summed E-state index contributed by atoms with van der Waals surface area (Å²) in [5.41, 5.74) is 1.29. The number of piperidine rings is 1. The molecule has 0 aliphatic carbocycles. The minimum absolute atomic E-state index is 0.0595. The van der Waals surface area contributed by atoms with E-state index in [-0.39, 0.29) is 17.6 Å². The molecule has 0 radical (unpaired) electrons. The van der Waals surface area contributed by atoms with Gasteiger partial charge in [-0.2, -0.15) is 4.98 Å². The molecule has 8 nitrogen and oxygen atoms in total. The van der Waals surface area contributed by atoms with Crippen molar-refractivity contribution in [2.24, 2.45) is 5.92 Å². The largest absolute Gasteiger partial charge is 0.497 e. The van der Waals surface area contributed by atoms with Gasteiger partial charge < -0.3 is 19.3 Å². The van der Waals surface area contributed by atoms with Crippen LogP contribution in [0.4, 0.5) is 10.1 Å². The Morgan fingerprint density at radius 1 is 1.22 bits per heavy atom. The molecule has 4 rings (SSSR count). The van der Waals surface area contributed by atoms with Gasteiger partial charge in [0.05, 0.1) is 32.4 Å². The molecule has 32 heavy (non-hydrogen) atoms. The number of hydrogen-bond acceptors (Lipinski definition) is 7. The fourth-order valence-corrected chi connectivity index (χ4v) is 3.78. The van der Waals surface area contributed by atoms with E-state index >= 15 is 0 Å². The zero-order chi connectivity index (χ0) is 22.5. The number of carbonyl (C=O) groups is 1. The van der Waals surface area contributed by atoms with Crippen molar-refractivity contribution in [3.8, 4) is 22.9 Å². The molecule has 168 valence electrons. The van der Waals surface area contributed by atoms with Crippen molar-refractivity contribution in [2.45, 2.75) is 19.4 Å². The van der Waals surface area contributed by atoms with Gasteiger partial charge in [0.1, 0.15) is 17.3 Å². The fourth-order valence-electron chi connectivity index (χ4n) is 3.78. The van der Waals surface area contributed by atoms with E-state index in [1.54, 1.807) is 44.6 Å². The van der Waals surface area contributed by atoms with Crippen molar-refractivity contribution in [2.75, 3.05) is 32.6 Å². The summed E-state index contributed by atoms with van der Waals surface area (Å²) in [7, 11) is 3.13. The SMILES string of the molecule is COc1ccc(NC(=O)C2CCCN(Cc3nc(-c4ccc(F)cc4)no3)C2)c(OC)c1. The number of aromatic nitrogens is 2. The molecule has 1 fully saturated rings. The summed E-state index contributed by atoms with van der Waals surface area (Å²) in [5.74, 6) is 1.53. The van der Waals surface area contributed by atoms with Crippen LogP contribution in [0.5, 0.6) is 11.5 Å². The number of benzene rings is 2. The van der Waals surface area contributed by atoms with Crippen molar-refractivity contribution < 1.29 is 23.2 Å². The highest BCUT2D eigenvalue weighted by atomic mass is 19.1. The van der Waals surface area contributed by atoms with E-state index in [2.05, 4.69) is 20.4 Å². The second kappa shape index (κ2) is 9.78. The molecular weight excluding hydrogens is 415 g/mol. The predicted octanol–water partition coefficient (Wildman–Crippen LogP) is 3.74. The van der Waals surface area contributed by atoms with Crippen molar-refractivity contribution in [1.29, 1.82) is 0 Å². The third kappa shape index (κ3) is 5.05. The molecule has 1 aliphatic heterocycles. The lowest BCUT2D eigenvalue weighted by atomic mass is 9.97. The lowest BCUT2D eigenvalue weighted by molar-refractivity contribution is -0.121. The van der Waals surface area contributed by atoms with Crippen molar-refractivity contribution in [1.82, 2.24) is 15.0 Å². The van der Waals surface area contributed by atoms with Crippen molar-refractivity contribution in [3.63, 3.8) is 0 Å². The molecule has 0 spiro atoms. The van der Waals surface area contributed by atoms with Crippen LogP contribution in [0, 0.1) is 11.7 Å². The van der Waals surface area contributed by atoms with Gasteiger partial charge in [0, 0.05) is 18.2 Å². The smallest absolute Gasteiger partial charge is 0.241 e. The van der Waals surface area contributed by atoms with Crippen LogP contribution in [0.3, 0.4) is 0 Å². The van der Waals surface area contributed by atoms with Crippen LogP contribution in [0.1, 0.15) is 18.7 Å². The van der Waals surface area contributed by atoms with Crippen molar-refractivity contribution >= 4 is 11.6 Å². The van der Waals surface area contributed by atoms with Crippen LogP contribution in [-0.4, -0.2) is 48.3 Å². The number of amides is 1. The first-order valence-corrected chi connectivity index (χ1v) is 10.4. The Morgan fingerprint density at radius 3 is 2.78 bits per heavy atom. The van der Waals surface area contributed by atoms with Crippen LogP contribution in [0.2, 0.25) is 0 Å². The third-order valence-electron chi connectivity index (χ3n) is 5.47. The first kappa shape index (κ1) is 21.8. The summed E-state index contributed by atoms with van der Waals surface area (Å²) in [6.45, 7) is 1.87. The van der Waals surface area contributed by atoms with E-state index in [4.69, 9.17) is 14.0 Å². The van der Waals surface area contributed by atoms with Crippen LogP contribution >= 0.6 is 0 Å². The minimum atomic E-state index is -0.317. The first-order chi connectivity index (χ1) is 15.6. The molecule has 3 aromatic rings. The van der Waals surface area contributed by atoms with E-state index in [9.17, 15) is 9.18 Å². The van der Waals surface area contributed by atoms with Crippen LogP contribution in [-0.2, 0) is 11.3 Å². The molecule has 9 heteroatoms. The number of methoxy groups -OCH3 is 2. The summed E-state index contributed by atoms with van der Waals surface area (Å²) in [5, 5.41) is 6.95. The lowest BCUT2D eigenvalue weighted by Gasteiger charge is -2.31. The van der Waals surface area contributed by atoms with Gasteiger partial charge in [-0.15, -0.1) is 0 Å². The fraction of sp³-hybridized carbons (Fsp3) is 0.348. The van der Waals surface area contributed by atoms with E-state index < -0.39 is 0 Å². The third-order valence-corrected chi connectivity index (χ3v) is 5.47. The van der Waals surface area contributed by atoms with Gasteiger partial charge in [0.15, 0.2) is 0 Å². The maximum absolute atomic E-state index is 13.1. The lowest BCUT2D eigenvalue weighted by Crippen LogP contribution is -2.40. The van der Waals surface area contributed by atoms with Gasteiger partial charge >= 0.3 is 0 Å². The quantitative estimate of drug-likeness (QED) is 0.599. The first-order valence-electron chi connectivity index (χ1n) is 10.4. The normalized spacial score (nSPS) is 16.5. The summed E-state index contributed by atoms with van der Waals surface area (Å²) < 4.78 is 29.1. The number of ether oxygens (including phenoxy) is 2. The number of nitrogens with zero attached hydrogens (tertiary/aromatic N) is 3. The Morgan fingerprint density at radius 2 is 2.03 bits per heavy atom. The summed E-state index contributed by atoms with van der Waals surface area (Å²) >= 11 is 0. The molecule has 1 aliphatic rings. The Hall–Kier alpha value is -3.46. The van der Waals surface area contributed by atoms with Gasteiger partial charge in [-0.25, -0.2) is 4.39 Å². The Kier molecular flexibility index (Phi) is 6.65. The number of halogens is 1. The molecule has 2 heterocycles. The van der Waals surface area contributed by atoms with Crippen LogP contribution in [0.15, 0.2) is 47.0 Å². The molecule has 1 atom stereocenters. The standard InChI is InChI=1S/C23H25FN4O4/c1-30-18-9-10-19(20(12-18)31-2)25-23(29)16-4-3-11-28(13-16)14-21-26-22(27-32-21)15-5-7-17(24)8-6-15/h5-10,12,16H,3-4,11,13-14H2,1-2H3,(H,25,29). The number of hydrogen-bond donors (Lipinski definition) is 1. The maximum Gasteiger partial charge on any atom is 0.241 e. The van der Waals surface area contributed by atoms with Gasteiger partial charge in [0.25, 0.3) is 0 Å². The number of nitrogens with one attached hydrogen (secondary N) is 1. The number of rotatable bonds is 7. The highest BCUT2D eigenvalue weighted by Gasteiger charge is 2.27. The molecule has 1 N–H and O–H groups in total. The monoisotopic (exact) mass is 440 g/mol. The highest BCUT2D eigenvalue weighted by Crippen LogP contribution is 2.30. The topological polar surface area (TPSA) is 89.7 Å². The summed E-state index contributed by atoms with van der Waals surface area (Å²) in [4.78, 5) is 19.4. The maximum atomic E-state index is 13.1. The molecule has 1 saturated heterocycles. The number of likely N-dealkylation sites (tertiary alicyclic amines) is 1. The predicted molar refractivity (Wildman–Crippen MR) is 116 cm³/mol. The summed E-state index contributed by atoms with van der Waals surface area (Å²) in [6.07, 6.45) is 1.68. The molecule has 1 unspecified atom stereocenters. The zero-order valence-corrected chi connectivity index (χ0v) is 18.0. The number of anilines is 1. The van der Waals surface area contributed by atoms with E-state index in [1.165, 1.54) is 12.1 Å². The number of carbonyl (C=O) groups excluding carboxylic acids is 1. The Bertz CT molecular complexity index is 1070. The van der Waals surface area contributed by atoms with Gasteiger partial charge in [-0.1, -0.05) is 5.16 Å². The zero-order valence-electron chi connectivity index (χ0n) is 18.0. The minimum Gasteiger partial charge on any atom is -0.497 e. The highest BCUT2D eigenvalue weighted by molar-refractivity contribution is 5.94. The Balaban J connectivity index is 1.37. The molecular formula is C23H25FN4O4. The average Bonchev–Trinajstić information content (AvgIpc) is 3.28. The second-order valence-corrected chi connectivity index (χ2v) is 7.65. The molecule has 1 amide bonds. The second-order valence-electron chi connectivity index (χ2n) is 7.65. The molecule has 1 aromatic heterocycles.